The van der Waals surface area contributed by atoms with Gasteiger partial charge in [-0.15, -0.1) is 0 Å². The number of hydrogen-bond acceptors (Lipinski definition) is 2. The molecule has 5 nitrogen and oxygen atoms in total. The summed E-state index contributed by atoms with van der Waals surface area (Å²) in [4.78, 5) is 23.1. The SMILES string of the molecule is Cn1c(=O)c2c(c3ccccc31)NC(=O)[N]2. The second-order valence-corrected chi connectivity index (χ2v) is 3.65. The van der Waals surface area contributed by atoms with Crippen LogP contribution in [0, 0.1) is 0 Å². The molecule has 1 aromatic carbocycles. The fourth-order valence-corrected chi connectivity index (χ4v) is 1.95. The molecule has 0 aliphatic carbocycles. The largest absolute Gasteiger partial charge is 0.346 e. The Morgan fingerprint density at radius 1 is 1.25 bits per heavy atom. The van der Waals surface area contributed by atoms with Crippen LogP contribution in [0.1, 0.15) is 0 Å². The summed E-state index contributed by atoms with van der Waals surface area (Å²) in [6, 6.07) is 6.92. The van der Waals surface area contributed by atoms with E-state index >= 15 is 0 Å². The number of para-hydroxylation sites is 1. The lowest BCUT2D eigenvalue weighted by atomic mass is 10.1. The topological polar surface area (TPSA) is 65.2 Å². The van der Waals surface area contributed by atoms with Crippen molar-refractivity contribution in [3.63, 3.8) is 0 Å². The molecule has 1 radical (unpaired) electrons. The molecule has 1 aromatic heterocycles. The molecule has 0 fully saturated rings. The summed E-state index contributed by atoms with van der Waals surface area (Å²) in [6.45, 7) is 0. The van der Waals surface area contributed by atoms with Gasteiger partial charge in [0.15, 0.2) is 5.69 Å². The highest BCUT2D eigenvalue weighted by Gasteiger charge is 2.25. The van der Waals surface area contributed by atoms with Gasteiger partial charge in [-0.05, 0) is 6.07 Å². The maximum atomic E-state index is 11.9. The van der Waals surface area contributed by atoms with Crippen molar-refractivity contribution < 1.29 is 4.79 Å². The molecular weight excluding hydrogens is 206 g/mol. The van der Waals surface area contributed by atoms with E-state index in [9.17, 15) is 9.59 Å². The molecule has 3 rings (SSSR count). The first kappa shape index (κ1) is 8.96. The monoisotopic (exact) mass is 214 g/mol. The normalized spacial score (nSPS) is 13.4. The molecule has 2 aromatic rings. The van der Waals surface area contributed by atoms with Crippen molar-refractivity contribution in [1.82, 2.24) is 9.88 Å². The number of hydrogen-bond donors (Lipinski definition) is 1. The van der Waals surface area contributed by atoms with Crippen LogP contribution in [0.25, 0.3) is 10.9 Å². The summed E-state index contributed by atoms with van der Waals surface area (Å²) in [6.07, 6.45) is 0. The van der Waals surface area contributed by atoms with Gasteiger partial charge in [0.2, 0.25) is 0 Å². The Bertz CT molecular complexity index is 673. The van der Waals surface area contributed by atoms with E-state index in [0.29, 0.717) is 5.69 Å². The zero-order valence-corrected chi connectivity index (χ0v) is 8.52. The van der Waals surface area contributed by atoms with Gasteiger partial charge in [-0.2, -0.15) is 5.32 Å². The third kappa shape index (κ3) is 0.995. The van der Waals surface area contributed by atoms with Crippen LogP contribution in [-0.4, -0.2) is 10.6 Å². The Balaban J connectivity index is 2.54. The maximum Gasteiger partial charge on any atom is 0.346 e. The molecule has 0 atom stereocenters. The molecule has 0 spiro atoms. The Kier molecular flexibility index (Phi) is 1.60. The number of aryl methyl sites for hydroxylation is 1. The number of nitrogens with one attached hydrogen (secondary N) is 1. The zero-order valence-electron chi connectivity index (χ0n) is 8.52. The molecule has 1 aliphatic heterocycles. The molecule has 0 unspecified atom stereocenters. The van der Waals surface area contributed by atoms with E-state index in [4.69, 9.17) is 0 Å². The van der Waals surface area contributed by atoms with Crippen molar-refractivity contribution in [3.05, 3.63) is 34.6 Å². The standard InChI is InChI=1S/C11H8N3O2/c1-14-7-5-3-2-4-6(7)8-9(10(14)15)13-11(16)12-8/h2-5H,1H3,(H,12,16). The number of carbonyl (C=O) groups is 1. The van der Waals surface area contributed by atoms with Gasteiger partial charge in [0.05, 0.1) is 11.2 Å². The number of nitrogens with zero attached hydrogens (tertiary/aromatic N) is 2. The van der Waals surface area contributed by atoms with Gasteiger partial charge in [-0.25, -0.2) is 4.79 Å². The number of rotatable bonds is 0. The molecule has 0 saturated carbocycles. The lowest BCUT2D eigenvalue weighted by molar-refractivity contribution is 0.256. The number of aromatic nitrogens is 1. The van der Waals surface area contributed by atoms with Crippen molar-refractivity contribution in [3.8, 4) is 0 Å². The minimum absolute atomic E-state index is 0.200. The summed E-state index contributed by atoms with van der Waals surface area (Å²) in [5, 5.41) is 7.10. The van der Waals surface area contributed by atoms with Crippen LogP contribution in [-0.2, 0) is 7.05 Å². The molecule has 1 N–H and O–H groups in total. The van der Waals surface area contributed by atoms with Gasteiger partial charge in [0, 0.05) is 12.4 Å². The average molecular weight is 214 g/mol. The van der Waals surface area contributed by atoms with Crippen molar-refractivity contribution in [2.24, 2.45) is 7.05 Å². The molecule has 16 heavy (non-hydrogen) atoms. The highest BCUT2D eigenvalue weighted by Crippen LogP contribution is 2.31. The van der Waals surface area contributed by atoms with Crippen molar-refractivity contribution >= 4 is 28.3 Å². The van der Waals surface area contributed by atoms with E-state index in [1.54, 1.807) is 7.05 Å². The van der Waals surface area contributed by atoms with Gasteiger partial charge < -0.3 is 9.88 Å². The molecular formula is C11H8N3O2. The summed E-state index contributed by atoms with van der Waals surface area (Å²) in [5.74, 6) is 0. The number of benzene rings is 1. The quantitative estimate of drug-likeness (QED) is 0.718. The first-order valence-electron chi connectivity index (χ1n) is 4.83. The number of amides is 2. The zero-order chi connectivity index (χ0) is 11.3. The van der Waals surface area contributed by atoms with Crippen LogP contribution in [0.3, 0.4) is 0 Å². The fourth-order valence-electron chi connectivity index (χ4n) is 1.95. The highest BCUT2D eigenvalue weighted by atomic mass is 16.2. The van der Waals surface area contributed by atoms with Crippen molar-refractivity contribution in [2.75, 3.05) is 5.32 Å². The van der Waals surface area contributed by atoms with Crippen LogP contribution in [0.5, 0.6) is 0 Å². The number of urea groups is 1. The van der Waals surface area contributed by atoms with Crippen molar-refractivity contribution in [1.29, 1.82) is 0 Å². The number of pyridine rings is 1. The van der Waals surface area contributed by atoms with Crippen molar-refractivity contribution in [2.45, 2.75) is 0 Å². The smallest absolute Gasteiger partial charge is 0.309 e. The third-order valence-corrected chi connectivity index (χ3v) is 2.72. The van der Waals surface area contributed by atoms with E-state index in [0.717, 1.165) is 10.9 Å². The van der Waals surface area contributed by atoms with E-state index in [-0.39, 0.29) is 11.2 Å². The Morgan fingerprint density at radius 2 is 2.00 bits per heavy atom. The molecule has 2 heterocycles. The Hall–Kier alpha value is -2.30. The summed E-state index contributed by atoms with van der Waals surface area (Å²) >= 11 is 0. The van der Waals surface area contributed by atoms with Crippen LogP contribution < -0.4 is 16.2 Å². The van der Waals surface area contributed by atoms with Crippen LogP contribution in [0.2, 0.25) is 0 Å². The molecule has 0 bridgehead atoms. The van der Waals surface area contributed by atoms with Gasteiger partial charge in [0.25, 0.3) is 5.56 Å². The lowest BCUT2D eigenvalue weighted by Gasteiger charge is -2.07. The third-order valence-electron chi connectivity index (χ3n) is 2.72. The Morgan fingerprint density at radius 3 is 2.81 bits per heavy atom. The first-order valence-corrected chi connectivity index (χ1v) is 4.83. The first-order chi connectivity index (χ1) is 7.68. The van der Waals surface area contributed by atoms with E-state index in [1.165, 1.54) is 4.57 Å². The minimum Gasteiger partial charge on any atom is -0.309 e. The molecule has 1 aliphatic rings. The van der Waals surface area contributed by atoms with Gasteiger partial charge >= 0.3 is 6.03 Å². The molecule has 79 valence electrons. The number of carbonyl (C=O) groups excluding carboxylic acids is 1. The highest BCUT2D eigenvalue weighted by molar-refractivity contribution is 6.11. The summed E-state index contributed by atoms with van der Waals surface area (Å²) in [7, 11) is 1.67. The second-order valence-electron chi connectivity index (χ2n) is 3.65. The number of anilines is 1. The maximum absolute atomic E-state index is 11.9. The predicted octanol–water partition coefficient (Wildman–Crippen LogP) is 1.32. The van der Waals surface area contributed by atoms with Gasteiger partial charge in [-0.1, -0.05) is 18.2 Å². The van der Waals surface area contributed by atoms with Crippen LogP contribution >= 0.6 is 0 Å². The predicted molar refractivity (Wildman–Crippen MR) is 60.0 cm³/mol. The summed E-state index contributed by atoms with van der Waals surface area (Å²) in [5.41, 5.74) is 1.24. The summed E-state index contributed by atoms with van der Waals surface area (Å²) < 4.78 is 1.50. The number of fused-ring (bicyclic) bond motifs is 3. The molecule has 2 amide bonds. The Labute approximate surface area is 90.7 Å². The van der Waals surface area contributed by atoms with E-state index in [1.807, 2.05) is 24.3 Å². The lowest BCUT2D eigenvalue weighted by Crippen LogP contribution is -2.19. The molecule has 5 heteroatoms. The van der Waals surface area contributed by atoms with Gasteiger partial charge in [0.1, 0.15) is 0 Å². The van der Waals surface area contributed by atoms with Gasteiger partial charge in [-0.3, -0.25) is 4.79 Å². The molecule has 0 saturated heterocycles. The van der Waals surface area contributed by atoms with Crippen LogP contribution in [0.4, 0.5) is 16.2 Å². The second kappa shape index (κ2) is 2.85. The average Bonchev–Trinajstić information content (AvgIpc) is 2.68. The fraction of sp³-hybridized carbons (Fsp3) is 0.0909. The van der Waals surface area contributed by atoms with Crippen LogP contribution in [0.15, 0.2) is 29.1 Å². The minimum atomic E-state index is -0.483. The van der Waals surface area contributed by atoms with E-state index < -0.39 is 6.03 Å². The van der Waals surface area contributed by atoms with E-state index in [2.05, 4.69) is 10.6 Å².